The van der Waals surface area contributed by atoms with Crippen molar-refractivity contribution in [3.63, 3.8) is 0 Å². The fourth-order valence-corrected chi connectivity index (χ4v) is 6.61. The molecule has 9 aromatic carbocycles. The third-order valence-electron chi connectivity index (χ3n) is 8.84. The average molecular weight is 669 g/mol. The van der Waals surface area contributed by atoms with Gasteiger partial charge in [0.15, 0.2) is 0 Å². The second kappa shape index (κ2) is 12.0. The summed E-state index contributed by atoms with van der Waals surface area (Å²) in [5.41, 5.74) is -0.481. The Morgan fingerprint density at radius 3 is 1.43 bits per heavy atom. The van der Waals surface area contributed by atoms with Crippen molar-refractivity contribution < 1.29 is 31.8 Å². The van der Waals surface area contributed by atoms with E-state index in [1.807, 2.05) is 12.1 Å². The average Bonchev–Trinajstić information content (AvgIpc) is 3.77. The molecule has 0 spiro atoms. The van der Waals surface area contributed by atoms with Gasteiger partial charge in [0.2, 0.25) is 0 Å². The SMILES string of the molecule is [2H]c1c([2H])c([2H])c(-c2c([2H])c([2H])c(-c3ccc(-c4c5ccccc5c(-c5c([2H])c([2H])c([2H])c6oc7c([2H])c([2H])c(-c8c([2H])c([2H])c([2H])c([2H])c8[2H])c([2H])c7c56)c5ccccc45)cc3)c([2H])c2[2H])c([2H])c1[2H]. The van der Waals surface area contributed by atoms with E-state index in [1.165, 1.54) is 0 Å². The second-order valence-electron chi connectivity index (χ2n) is 11.7. The van der Waals surface area contributed by atoms with Crippen molar-refractivity contribution in [1.29, 1.82) is 0 Å². The van der Waals surface area contributed by atoms with Crippen LogP contribution in [0.5, 0.6) is 0 Å². The van der Waals surface area contributed by atoms with Gasteiger partial charge in [-0.3, -0.25) is 0 Å². The Bertz CT molecular complexity index is 3900. The standard InChI is InChI=1S/C50H32O/c1-3-12-33(13-4-1)35-22-24-36(25-23-35)37-26-28-38(29-27-37)48-40-16-7-9-18-42(40)49(43-19-10-8-17-41(43)48)44-20-11-21-47-50(44)45-32-39(30-31-46(45)51-47)34-14-5-2-6-15-34/h1-32H/i1D,2D,3D,4D,5D,6D,11D,12D,13D,14D,15D,20D,21D,22D,23D,24D,25D,30D,31D,32D. The third-order valence-corrected chi connectivity index (χ3v) is 8.84. The summed E-state index contributed by atoms with van der Waals surface area (Å²) in [6.45, 7) is 0. The molecule has 238 valence electrons. The van der Waals surface area contributed by atoms with Gasteiger partial charge < -0.3 is 4.42 Å². The number of rotatable bonds is 5. The Morgan fingerprint density at radius 2 is 0.824 bits per heavy atom. The lowest BCUT2D eigenvalue weighted by atomic mass is 9.84. The maximum absolute atomic E-state index is 9.60. The van der Waals surface area contributed by atoms with Gasteiger partial charge >= 0.3 is 0 Å². The zero-order chi connectivity index (χ0) is 51.1. The van der Waals surface area contributed by atoms with Crippen LogP contribution < -0.4 is 0 Å². The molecule has 1 heterocycles. The van der Waals surface area contributed by atoms with Crippen LogP contribution in [0.2, 0.25) is 0 Å². The molecule has 0 unspecified atom stereocenters. The van der Waals surface area contributed by atoms with Crippen LogP contribution in [0, 0.1) is 0 Å². The lowest BCUT2D eigenvalue weighted by Gasteiger charge is -2.18. The van der Waals surface area contributed by atoms with Crippen LogP contribution in [-0.4, -0.2) is 0 Å². The monoisotopic (exact) mass is 668 g/mol. The highest BCUT2D eigenvalue weighted by Gasteiger charge is 2.20. The molecular formula is C50H32O. The van der Waals surface area contributed by atoms with E-state index in [9.17, 15) is 2.74 Å². The number of furan rings is 1. The highest BCUT2D eigenvalue weighted by atomic mass is 16.3. The van der Waals surface area contributed by atoms with Gasteiger partial charge in [0.25, 0.3) is 0 Å². The number of benzene rings is 9. The lowest BCUT2D eigenvalue weighted by molar-refractivity contribution is 0.669. The van der Waals surface area contributed by atoms with E-state index in [2.05, 4.69) is 0 Å². The van der Waals surface area contributed by atoms with Crippen LogP contribution in [0.3, 0.4) is 0 Å². The fraction of sp³-hybridized carbons (Fsp3) is 0. The fourth-order valence-electron chi connectivity index (χ4n) is 6.61. The highest BCUT2D eigenvalue weighted by Crippen LogP contribution is 2.47. The van der Waals surface area contributed by atoms with E-state index >= 15 is 0 Å². The van der Waals surface area contributed by atoms with Gasteiger partial charge in [-0.2, -0.15) is 0 Å². The molecule has 0 amide bonds. The summed E-state index contributed by atoms with van der Waals surface area (Å²) in [4.78, 5) is 0. The molecule has 0 radical (unpaired) electrons. The van der Waals surface area contributed by atoms with Crippen LogP contribution in [0.4, 0.5) is 0 Å². The van der Waals surface area contributed by atoms with E-state index in [-0.39, 0.29) is 38.6 Å². The quantitative estimate of drug-likeness (QED) is 0.166. The first-order chi connectivity index (χ1) is 33.6. The summed E-state index contributed by atoms with van der Waals surface area (Å²) >= 11 is 0. The molecule has 0 aliphatic carbocycles. The Morgan fingerprint density at radius 1 is 0.333 bits per heavy atom. The minimum absolute atomic E-state index is 0.0250. The first-order valence-electron chi connectivity index (χ1n) is 25.9. The van der Waals surface area contributed by atoms with Crippen molar-refractivity contribution in [3.8, 4) is 55.6 Å². The van der Waals surface area contributed by atoms with Gasteiger partial charge in [-0.25, -0.2) is 0 Å². The highest BCUT2D eigenvalue weighted by molar-refractivity contribution is 6.25. The van der Waals surface area contributed by atoms with Crippen LogP contribution >= 0.6 is 0 Å². The first-order valence-corrected chi connectivity index (χ1v) is 15.9. The van der Waals surface area contributed by atoms with Crippen LogP contribution in [0.1, 0.15) is 27.4 Å². The smallest absolute Gasteiger partial charge is 0.136 e. The molecule has 51 heavy (non-hydrogen) atoms. The first kappa shape index (κ1) is 15.5. The van der Waals surface area contributed by atoms with Crippen LogP contribution in [0.15, 0.2) is 198 Å². The van der Waals surface area contributed by atoms with E-state index in [0.717, 1.165) is 0 Å². The molecule has 0 fully saturated rings. The summed E-state index contributed by atoms with van der Waals surface area (Å²) in [6, 6.07) is 8.68. The largest absolute Gasteiger partial charge is 0.456 e. The van der Waals surface area contributed by atoms with Crippen molar-refractivity contribution in [2.24, 2.45) is 0 Å². The van der Waals surface area contributed by atoms with E-state index < -0.39 is 143 Å². The van der Waals surface area contributed by atoms with Crippen molar-refractivity contribution in [1.82, 2.24) is 0 Å². The molecule has 0 bridgehead atoms. The van der Waals surface area contributed by atoms with Gasteiger partial charge in [-0.1, -0.05) is 176 Å². The Labute approximate surface area is 324 Å². The normalized spacial score (nSPS) is 17.0. The third kappa shape index (κ3) is 4.94. The van der Waals surface area contributed by atoms with Crippen LogP contribution in [-0.2, 0) is 0 Å². The summed E-state index contributed by atoms with van der Waals surface area (Å²) in [7, 11) is 0. The molecule has 0 N–H and O–H groups in total. The maximum Gasteiger partial charge on any atom is 0.136 e. The lowest BCUT2D eigenvalue weighted by Crippen LogP contribution is -1.91. The summed E-state index contributed by atoms with van der Waals surface area (Å²) in [5.74, 6) is 0. The second-order valence-corrected chi connectivity index (χ2v) is 11.7. The number of hydrogen-bond acceptors (Lipinski definition) is 1. The summed E-state index contributed by atoms with van der Waals surface area (Å²) in [6.07, 6.45) is 0. The molecule has 1 nitrogen and oxygen atoms in total. The Balaban J connectivity index is 1.22. The predicted molar refractivity (Wildman–Crippen MR) is 216 cm³/mol. The van der Waals surface area contributed by atoms with Crippen molar-refractivity contribution >= 4 is 43.5 Å². The van der Waals surface area contributed by atoms with E-state index in [1.54, 1.807) is 60.7 Å². The molecule has 10 aromatic rings. The minimum atomic E-state index is -0.715. The molecule has 0 aliphatic heterocycles. The molecule has 0 atom stereocenters. The summed E-state index contributed by atoms with van der Waals surface area (Å²) < 4.78 is 180. The van der Waals surface area contributed by atoms with Crippen LogP contribution in [0.25, 0.3) is 99.1 Å². The van der Waals surface area contributed by atoms with Gasteiger partial charge in [0.1, 0.15) is 11.2 Å². The van der Waals surface area contributed by atoms with Crippen molar-refractivity contribution in [3.05, 3.63) is 194 Å². The minimum Gasteiger partial charge on any atom is -0.456 e. The van der Waals surface area contributed by atoms with E-state index in [0.29, 0.717) is 38.2 Å². The molecule has 10 rings (SSSR count). The molecule has 1 heteroatoms. The maximum atomic E-state index is 9.60. The Hall–Kier alpha value is -6.70. The number of hydrogen-bond donors (Lipinski definition) is 0. The molecule has 0 aliphatic rings. The van der Waals surface area contributed by atoms with Gasteiger partial charge in [0.05, 0.1) is 27.4 Å². The number of fused-ring (bicyclic) bond motifs is 5. The topological polar surface area (TPSA) is 13.1 Å². The molecular weight excluding hydrogens is 617 g/mol. The zero-order valence-corrected chi connectivity index (χ0v) is 26.3. The van der Waals surface area contributed by atoms with Gasteiger partial charge in [-0.15, -0.1) is 0 Å². The molecule has 0 saturated carbocycles. The van der Waals surface area contributed by atoms with Crippen molar-refractivity contribution in [2.75, 3.05) is 0 Å². The van der Waals surface area contributed by atoms with Gasteiger partial charge in [0, 0.05) is 10.8 Å². The van der Waals surface area contributed by atoms with Gasteiger partial charge in [-0.05, 0) is 95.3 Å². The molecule has 0 saturated heterocycles. The summed E-state index contributed by atoms with van der Waals surface area (Å²) in [5, 5.41) is 2.14. The Kier molecular flexibility index (Phi) is 3.64. The van der Waals surface area contributed by atoms with Crippen molar-refractivity contribution in [2.45, 2.75) is 0 Å². The van der Waals surface area contributed by atoms with E-state index in [4.69, 9.17) is 29.1 Å². The molecule has 1 aromatic heterocycles. The predicted octanol–water partition coefficient (Wildman–Crippen LogP) is 14.2. The zero-order valence-electron chi connectivity index (χ0n) is 46.3.